The molecule has 0 saturated carbocycles. The highest BCUT2D eigenvalue weighted by atomic mass is 16.6. The number of amides is 3. The lowest BCUT2D eigenvalue weighted by Gasteiger charge is -2.23. The second-order valence-electron chi connectivity index (χ2n) is 8.93. The molecule has 9 N–H and O–H groups in total. The summed E-state index contributed by atoms with van der Waals surface area (Å²) in [5.74, 6) is -1.58. The van der Waals surface area contributed by atoms with Crippen LogP contribution in [-0.2, 0) is 27.2 Å². The van der Waals surface area contributed by atoms with Crippen molar-refractivity contribution in [1.82, 2.24) is 15.5 Å². The van der Waals surface area contributed by atoms with Crippen LogP contribution < -0.4 is 27.8 Å². The molecule has 0 fully saturated rings. The Bertz CT molecular complexity index is 1180. The van der Waals surface area contributed by atoms with E-state index >= 15 is 0 Å². The summed E-state index contributed by atoms with van der Waals surface area (Å²) in [4.78, 5) is 53.9. The number of carbonyl (C=O) groups excluding carboxylic acids is 3. The van der Waals surface area contributed by atoms with Crippen molar-refractivity contribution < 1.29 is 28.8 Å². The number of nitrogens with one attached hydrogen (secondary N) is 2. The van der Waals surface area contributed by atoms with Crippen LogP contribution in [0.3, 0.4) is 0 Å². The second-order valence-corrected chi connectivity index (χ2v) is 8.93. The Morgan fingerprint density at radius 2 is 1.85 bits per heavy atom. The second kappa shape index (κ2) is 15.7. The zero-order valence-electron chi connectivity index (χ0n) is 22.2. The largest absolute Gasteiger partial charge is 0.508 e. The molecule has 3 amide bonds. The summed E-state index contributed by atoms with van der Waals surface area (Å²) in [6.45, 7) is 2.22. The number of phenols is 1. The first kappa shape index (κ1) is 31.6. The number of furan rings is 1. The van der Waals surface area contributed by atoms with Crippen molar-refractivity contribution in [2.75, 3.05) is 26.2 Å². The molecule has 0 aliphatic carbocycles. The van der Waals surface area contributed by atoms with E-state index < -0.39 is 28.8 Å². The number of nitrogens with two attached hydrogens (primary N) is 3. The lowest BCUT2D eigenvalue weighted by atomic mass is 10.0. The quantitative estimate of drug-likeness (QED) is 0.0505. The van der Waals surface area contributed by atoms with E-state index in [1.807, 2.05) is 0 Å². The summed E-state index contributed by atoms with van der Waals surface area (Å²) in [7, 11) is 0. The summed E-state index contributed by atoms with van der Waals surface area (Å²) < 4.78 is 5.12. The Morgan fingerprint density at radius 1 is 1.15 bits per heavy atom. The summed E-state index contributed by atoms with van der Waals surface area (Å²) in [6, 6.07) is 6.99. The lowest BCUT2D eigenvalue weighted by Crippen LogP contribution is -2.53. The molecule has 40 heavy (non-hydrogen) atoms. The van der Waals surface area contributed by atoms with Gasteiger partial charge >= 0.3 is 5.88 Å². The van der Waals surface area contributed by atoms with Gasteiger partial charge in [0, 0.05) is 26.1 Å². The number of benzene rings is 1. The Kier molecular flexibility index (Phi) is 12.4. The molecule has 1 heterocycles. The molecule has 2 atom stereocenters. The molecular weight excluding hydrogens is 524 g/mol. The van der Waals surface area contributed by atoms with Gasteiger partial charge in [0.25, 0.3) is 0 Å². The average Bonchev–Trinajstić information content (AvgIpc) is 3.40. The lowest BCUT2D eigenvalue weighted by molar-refractivity contribution is -0.402. The Hall–Kier alpha value is -4.66. The van der Waals surface area contributed by atoms with Gasteiger partial charge in [0.05, 0.1) is 18.7 Å². The minimum absolute atomic E-state index is 0.0837. The van der Waals surface area contributed by atoms with E-state index in [9.17, 15) is 29.6 Å². The van der Waals surface area contributed by atoms with Gasteiger partial charge in [0.2, 0.25) is 17.7 Å². The number of aliphatic imine (C=N–C) groups is 1. The van der Waals surface area contributed by atoms with Gasteiger partial charge in [-0.05, 0) is 49.9 Å². The van der Waals surface area contributed by atoms with Crippen molar-refractivity contribution in [3.63, 3.8) is 0 Å². The first-order valence-electron chi connectivity index (χ1n) is 12.7. The van der Waals surface area contributed by atoms with Crippen LogP contribution in [0.4, 0.5) is 5.88 Å². The van der Waals surface area contributed by atoms with E-state index in [0.29, 0.717) is 18.7 Å². The SMILES string of the molecule is CCN(CCc1ccc([N+](=O)[O-])o1)C(=O)CNC(=O)[C@@H](CCCN=C(N)N)NC(=O)[C@@H](N)Cc1ccc(O)cc1. The maximum Gasteiger partial charge on any atom is 0.433 e. The summed E-state index contributed by atoms with van der Waals surface area (Å²) >= 11 is 0. The molecule has 15 heteroatoms. The normalized spacial score (nSPS) is 12.2. The number of aromatic hydroxyl groups is 1. The van der Waals surface area contributed by atoms with Gasteiger partial charge in [-0.1, -0.05) is 12.1 Å². The van der Waals surface area contributed by atoms with Crippen molar-refractivity contribution in [2.45, 2.75) is 44.7 Å². The highest BCUT2D eigenvalue weighted by Gasteiger charge is 2.25. The smallest absolute Gasteiger partial charge is 0.433 e. The van der Waals surface area contributed by atoms with Crippen LogP contribution in [0.25, 0.3) is 0 Å². The standard InChI is InChI=1S/C25H36N8O7/c1-2-32(13-11-18-9-10-22(40-18)33(38)39)21(35)15-30-24(37)20(4-3-12-29-25(27)28)31-23(36)19(26)14-16-5-7-17(34)8-6-16/h5-10,19-20,34H,2-4,11-15,26H2,1H3,(H,30,37)(H,31,36)(H4,27,28,29)/t19-,20+/m0/s1. The van der Waals surface area contributed by atoms with Crippen molar-refractivity contribution in [2.24, 2.45) is 22.2 Å². The molecule has 15 nitrogen and oxygen atoms in total. The van der Waals surface area contributed by atoms with Crippen LogP contribution in [0.2, 0.25) is 0 Å². The number of carbonyl (C=O) groups is 3. The van der Waals surface area contributed by atoms with E-state index in [-0.39, 0.29) is 62.4 Å². The summed E-state index contributed by atoms with van der Waals surface area (Å²) in [6.07, 6.45) is 0.984. The number of nitro groups is 1. The van der Waals surface area contributed by atoms with Crippen molar-refractivity contribution in [3.05, 3.63) is 57.8 Å². The maximum absolute atomic E-state index is 13.0. The third-order valence-corrected chi connectivity index (χ3v) is 5.91. The van der Waals surface area contributed by atoms with Crippen LogP contribution in [0.1, 0.15) is 31.1 Å². The third-order valence-electron chi connectivity index (χ3n) is 5.91. The number of likely N-dealkylation sites (N-methyl/N-ethyl adjacent to an activating group) is 1. The predicted octanol–water partition coefficient (Wildman–Crippen LogP) is -0.491. The fourth-order valence-electron chi connectivity index (χ4n) is 3.73. The van der Waals surface area contributed by atoms with E-state index in [2.05, 4.69) is 15.6 Å². The van der Waals surface area contributed by atoms with Gasteiger partial charge in [0.15, 0.2) is 5.96 Å². The number of nitrogens with zero attached hydrogens (tertiary/aromatic N) is 3. The van der Waals surface area contributed by atoms with E-state index in [1.54, 1.807) is 19.1 Å². The topological polar surface area (TPSA) is 245 Å². The fourth-order valence-corrected chi connectivity index (χ4v) is 3.73. The monoisotopic (exact) mass is 560 g/mol. The molecule has 0 bridgehead atoms. The molecule has 0 radical (unpaired) electrons. The van der Waals surface area contributed by atoms with Gasteiger partial charge in [0.1, 0.15) is 22.5 Å². The van der Waals surface area contributed by atoms with E-state index in [1.165, 1.54) is 29.2 Å². The maximum atomic E-state index is 13.0. The van der Waals surface area contributed by atoms with Crippen LogP contribution in [-0.4, -0.2) is 76.9 Å². The van der Waals surface area contributed by atoms with Gasteiger partial charge in [-0.15, -0.1) is 0 Å². The molecule has 0 saturated heterocycles. The van der Waals surface area contributed by atoms with Gasteiger partial charge in [-0.3, -0.25) is 29.5 Å². The molecular formula is C25H36N8O7. The van der Waals surface area contributed by atoms with Crippen LogP contribution in [0, 0.1) is 10.1 Å². The predicted molar refractivity (Wildman–Crippen MR) is 146 cm³/mol. The average molecular weight is 561 g/mol. The van der Waals surface area contributed by atoms with Crippen molar-refractivity contribution in [1.29, 1.82) is 0 Å². The van der Waals surface area contributed by atoms with E-state index in [4.69, 9.17) is 21.6 Å². The Balaban J connectivity index is 1.95. The molecule has 0 aliphatic rings. The zero-order chi connectivity index (χ0) is 29.7. The van der Waals surface area contributed by atoms with Crippen LogP contribution in [0.15, 0.2) is 45.8 Å². The van der Waals surface area contributed by atoms with Crippen molar-refractivity contribution >= 4 is 29.6 Å². The first-order chi connectivity index (χ1) is 19.0. The first-order valence-corrected chi connectivity index (χ1v) is 12.7. The molecule has 0 spiro atoms. The molecule has 0 aliphatic heterocycles. The molecule has 1 aromatic carbocycles. The summed E-state index contributed by atoms with van der Waals surface area (Å²) in [5, 5.41) is 25.4. The van der Waals surface area contributed by atoms with Crippen LogP contribution >= 0.6 is 0 Å². The van der Waals surface area contributed by atoms with Gasteiger partial charge in [-0.2, -0.15) is 0 Å². The minimum Gasteiger partial charge on any atom is -0.508 e. The Morgan fingerprint density at radius 3 is 2.45 bits per heavy atom. The molecule has 218 valence electrons. The fraction of sp³-hybridized carbons (Fsp3) is 0.440. The highest BCUT2D eigenvalue weighted by Crippen LogP contribution is 2.16. The molecule has 1 aromatic heterocycles. The molecule has 2 aromatic rings. The van der Waals surface area contributed by atoms with E-state index in [0.717, 1.165) is 5.56 Å². The van der Waals surface area contributed by atoms with Gasteiger partial charge < -0.3 is 42.3 Å². The highest BCUT2D eigenvalue weighted by molar-refractivity contribution is 5.91. The number of rotatable bonds is 16. The third kappa shape index (κ3) is 10.6. The zero-order valence-corrected chi connectivity index (χ0v) is 22.2. The number of hydrogen-bond donors (Lipinski definition) is 6. The molecule has 0 unspecified atom stereocenters. The van der Waals surface area contributed by atoms with Gasteiger partial charge in [-0.25, -0.2) is 0 Å². The number of hydrogen-bond acceptors (Lipinski definition) is 9. The van der Waals surface area contributed by atoms with Crippen molar-refractivity contribution in [3.8, 4) is 5.75 Å². The number of phenolic OH excluding ortho intramolecular Hbond substituents is 1. The van der Waals surface area contributed by atoms with Crippen LogP contribution in [0.5, 0.6) is 5.75 Å². The summed E-state index contributed by atoms with van der Waals surface area (Å²) in [5.41, 5.74) is 17.4. The Labute approximate surface area is 230 Å². The number of guanidine groups is 1. The minimum atomic E-state index is -1.00. The molecule has 2 rings (SSSR count).